The number of rotatable bonds is 10. The zero-order valence-electron chi connectivity index (χ0n) is 27.2. The van der Waals surface area contributed by atoms with Crippen LogP contribution < -0.4 is 11.3 Å². The number of fused-ring (bicyclic) bond motifs is 1. The van der Waals surface area contributed by atoms with Crippen LogP contribution in [0.5, 0.6) is 0 Å². The third kappa shape index (κ3) is 7.40. The molecule has 0 radical (unpaired) electrons. The molecule has 48 heavy (non-hydrogen) atoms. The molecule has 0 amide bonds. The predicted molar refractivity (Wildman–Crippen MR) is 176 cm³/mol. The van der Waals surface area contributed by atoms with Gasteiger partial charge in [-0.2, -0.15) is 15.1 Å². The fraction of sp³-hybridized carbons (Fsp3) is 0.343. The van der Waals surface area contributed by atoms with Gasteiger partial charge in [-0.15, -0.1) is 0 Å². The molecule has 3 aromatic heterocycles. The number of hydrogen-bond donors (Lipinski definition) is 1. The van der Waals surface area contributed by atoms with Gasteiger partial charge in [0.15, 0.2) is 5.82 Å². The second kappa shape index (κ2) is 13.0. The van der Waals surface area contributed by atoms with Crippen molar-refractivity contribution in [3.05, 3.63) is 93.7 Å². The van der Waals surface area contributed by atoms with E-state index >= 15 is 4.39 Å². The van der Waals surface area contributed by atoms with E-state index in [9.17, 15) is 14.4 Å². The predicted octanol–water partition coefficient (Wildman–Crippen LogP) is 4.93. The molecular formula is C35H36FN7O5. The lowest BCUT2D eigenvalue weighted by Crippen LogP contribution is -2.24. The molecule has 1 aliphatic rings. The van der Waals surface area contributed by atoms with Crippen molar-refractivity contribution in [1.82, 2.24) is 29.3 Å². The highest BCUT2D eigenvalue weighted by atomic mass is 19.1. The van der Waals surface area contributed by atoms with Gasteiger partial charge in [0.2, 0.25) is 5.95 Å². The molecule has 1 aliphatic carbocycles. The minimum absolute atomic E-state index is 0.0268. The Labute approximate surface area is 275 Å². The molecule has 2 aromatic carbocycles. The Bertz CT molecular complexity index is 2100. The minimum atomic E-state index is -0.691. The molecule has 12 nitrogen and oxygen atoms in total. The van der Waals surface area contributed by atoms with Crippen molar-refractivity contribution in [3.63, 3.8) is 0 Å². The van der Waals surface area contributed by atoms with E-state index in [4.69, 9.17) is 15.2 Å². The monoisotopic (exact) mass is 653 g/mol. The SMILES string of the molecule is Cn1cc(Cc2nc(N)nc(-c3cccc(-n4ccc5cc(C6CC6)cc(F)c5c4=O)c3COC(=O)CCC(=O)OC(C)(C)C)n2)cn1. The summed E-state index contributed by atoms with van der Waals surface area (Å²) in [5, 5.41) is 4.65. The van der Waals surface area contributed by atoms with E-state index in [-0.39, 0.29) is 36.6 Å². The van der Waals surface area contributed by atoms with Gasteiger partial charge in [0.05, 0.1) is 30.1 Å². The van der Waals surface area contributed by atoms with Gasteiger partial charge >= 0.3 is 11.9 Å². The van der Waals surface area contributed by atoms with Crippen LogP contribution >= 0.6 is 0 Å². The van der Waals surface area contributed by atoms with Gasteiger partial charge in [-0.1, -0.05) is 18.2 Å². The molecule has 0 spiro atoms. The number of benzene rings is 2. The third-order valence-electron chi connectivity index (χ3n) is 7.83. The van der Waals surface area contributed by atoms with E-state index < -0.39 is 28.9 Å². The molecule has 5 aromatic rings. The van der Waals surface area contributed by atoms with Crippen molar-refractivity contribution < 1.29 is 23.5 Å². The first-order chi connectivity index (χ1) is 22.8. The first kappa shape index (κ1) is 32.5. The van der Waals surface area contributed by atoms with E-state index in [1.54, 1.807) is 69.2 Å². The van der Waals surface area contributed by atoms with Crippen LogP contribution in [0.2, 0.25) is 0 Å². The molecule has 248 valence electrons. The molecule has 0 atom stereocenters. The molecule has 6 rings (SSSR count). The van der Waals surface area contributed by atoms with Gasteiger partial charge in [-0.3, -0.25) is 23.6 Å². The van der Waals surface area contributed by atoms with Crippen LogP contribution in [0.25, 0.3) is 27.8 Å². The van der Waals surface area contributed by atoms with Crippen molar-refractivity contribution in [2.75, 3.05) is 5.73 Å². The number of nitrogen functional groups attached to an aromatic ring is 1. The van der Waals surface area contributed by atoms with Crippen molar-refractivity contribution in [3.8, 4) is 17.1 Å². The standard InChI is InChI=1S/C35H36FN7O5/c1-35(2,3)48-30(45)11-10-29(44)47-19-25-24(32-39-28(40-34(37)41-32)14-20-17-38-42(4)18-20)6-5-7-27(25)43-13-12-22-15-23(21-8-9-21)16-26(36)31(22)33(43)46/h5-7,12-13,15-18,21H,8-11,14,19H2,1-4H3,(H2,37,39,40,41). The van der Waals surface area contributed by atoms with Crippen LogP contribution in [-0.4, -0.2) is 46.8 Å². The van der Waals surface area contributed by atoms with Crippen molar-refractivity contribution in [2.24, 2.45) is 7.05 Å². The summed E-state index contributed by atoms with van der Waals surface area (Å²) in [4.78, 5) is 52.3. The fourth-order valence-corrected chi connectivity index (χ4v) is 5.56. The number of ether oxygens (including phenoxy) is 2. The molecule has 0 bridgehead atoms. The van der Waals surface area contributed by atoms with Crippen LogP contribution in [0.3, 0.4) is 0 Å². The first-order valence-corrected chi connectivity index (χ1v) is 15.7. The van der Waals surface area contributed by atoms with Crippen LogP contribution in [0.4, 0.5) is 10.3 Å². The van der Waals surface area contributed by atoms with Gasteiger partial charge in [-0.25, -0.2) is 9.37 Å². The molecular weight excluding hydrogens is 617 g/mol. The van der Waals surface area contributed by atoms with Crippen molar-refractivity contribution in [2.45, 2.75) is 71.0 Å². The Kier molecular flexibility index (Phi) is 8.78. The Hall–Kier alpha value is -5.46. The second-order valence-corrected chi connectivity index (χ2v) is 12.9. The molecule has 2 N–H and O–H groups in total. The summed E-state index contributed by atoms with van der Waals surface area (Å²) in [6.45, 7) is 4.91. The van der Waals surface area contributed by atoms with Crippen LogP contribution in [-0.2, 0) is 39.1 Å². The fourth-order valence-electron chi connectivity index (χ4n) is 5.56. The Morgan fingerprint density at radius 3 is 2.54 bits per heavy atom. The minimum Gasteiger partial charge on any atom is -0.461 e. The summed E-state index contributed by atoms with van der Waals surface area (Å²) < 4.78 is 29.4. The average Bonchev–Trinajstić information content (AvgIpc) is 3.79. The number of carbonyl (C=O) groups excluding carboxylic acids is 2. The molecule has 0 unspecified atom stereocenters. The van der Waals surface area contributed by atoms with Crippen LogP contribution in [0.1, 0.15) is 74.9 Å². The number of aryl methyl sites for hydroxylation is 1. The van der Waals surface area contributed by atoms with E-state index in [0.717, 1.165) is 24.0 Å². The van der Waals surface area contributed by atoms with Crippen molar-refractivity contribution >= 4 is 28.7 Å². The lowest BCUT2D eigenvalue weighted by atomic mass is 10.0. The highest BCUT2D eigenvalue weighted by Crippen LogP contribution is 2.41. The number of hydrogen-bond acceptors (Lipinski definition) is 10. The first-order valence-electron chi connectivity index (χ1n) is 15.7. The summed E-state index contributed by atoms with van der Waals surface area (Å²) in [5.41, 5.74) is 7.72. The summed E-state index contributed by atoms with van der Waals surface area (Å²) in [5.74, 6) is -0.915. The van der Waals surface area contributed by atoms with E-state index in [1.165, 1.54) is 10.6 Å². The van der Waals surface area contributed by atoms with Gasteiger partial charge in [0.1, 0.15) is 23.8 Å². The Balaban J connectivity index is 1.39. The lowest BCUT2D eigenvalue weighted by Gasteiger charge is -2.19. The normalized spacial score (nSPS) is 13.1. The summed E-state index contributed by atoms with van der Waals surface area (Å²) in [6.07, 6.45) is 7.05. The van der Waals surface area contributed by atoms with Crippen LogP contribution in [0.15, 0.2) is 59.8 Å². The number of carbonyl (C=O) groups is 2. The average molecular weight is 654 g/mol. The van der Waals surface area contributed by atoms with E-state index in [2.05, 4.69) is 20.1 Å². The van der Waals surface area contributed by atoms with Gasteiger partial charge in [0.25, 0.3) is 5.56 Å². The summed E-state index contributed by atoms with van der Waals surface area (Å²) >= 11 is 0. The maximum atomic E-state index is 15.4. The molecule has 3 heterocycles. The van der Waals surface area contributed by atoms with Crippen LogP contribution in [0, 0.1) is 5.82 Å². The number of nitrogens with two attached hydrogens (primary N) is 1. The molecule has 0 saturated heterocycles. The summed E-state index contributed by atoms with van der Waals surface area (Å²) in [7, 11) is 1.80. The Morgan fingerprint density at radius 1 is 1.06 bits per heavy atom. The number of nitrogens with zero attached hydrogens (tertiary/aromatic N) is 6. The molecule has 1 fully saturated rings. The van der Waals surface area contributed by atoms with Crippen molar-refractivity contribution in [1.29, 1.82) is 0 Å². The number of pyridine rings is 1. The quantitative estimate of drug-likeness (QED) is 0.205. The van der Waals surface area contributed by atoms with Gasteiger partial charge in [0, 0.05) is 37.0 Å². The van der Waals surface area contributed by atoms with E-state index in [1.807, 2.05) is 12.3 Å². The highest BCUT2D eigenvalue weighted by molar-refractivity contribution is 5.84. The Morgan fingerprint density at radius 2 is 1.83 bits per heavy atom. The van der Waals surface area contributed by atoms with Gasteiger partial charge in [-0.05, 0) is 74.2 Å². The highest BCUT2D eigenvalue weighted by Gasteiger charge is 2.26. The number of aromatic nitrogens is 6. The molecule has 13 heteroatoms. The topological polar surface area (TPSA) is 157 Å². The smallest absolute Gasteiger partial charge is 0.306 e. The maximum Gasteiger partial charge on any atom is 0.306 e. The number of esters is 2. The lowest BCUT2D eigenvalue weighted by molar-refractivity contribution is -0.158. The third-order valence-corrected chi connectivity index (χ3v) is 7.83. The zero-order valence-corrected chi connectivity index (χ0v) is 27.2. The van der Waals surface area contributed by atoms with Gasteiger partial charge < -0.3 is 15.2 Å². The zero-order chi connectivity index (χ0) is 34.2. The largest absolute Gasteiger partial charge is 0.461 e. The number of anilines is 1. The molecule has 0 aliphatic heterocycles. The second-order valence-electron chi connectivity index (χ2n) is 12.9. The summed E-state index contributed by atoms with van der Waals surface area (Å²) in [6, 6.07) is 10.1. The maximum absolute atomic E-state index is 15.4. The number of halogens is 1. The van der Waals surface area contributed by atoms with E-state index in [0.29, 0.717) is 40.4 Å². The molecule has 1 saturated carbocycles.